The van der Waals surface area contributed by atoms with E-state index in [1.54, 1.807) is 12.4 Å². The molecule has 4 aromatic rings. The topological polar surface area (TPSA) is 55.6 Å². The number of benzene rings is 1. The molecule has 108 valence electrons. The summed E-state index contributed by atoms with van der Waals surface area (Å²) in [6, 6.07) is 15.8. The van der Waals surface area contributed by atoms with E-state index < -0.39 is 0 Å². The molecule has 4 rings (SSSR count). The SMILES string of the molecule is Cn1c(-c2ccnn2-c2ccccc2)cc2cc[nH]c(=O)c21. The maximum absolute atomic E-state index is 12.0. The summed E-state index contributed by atoms with van der Waals surface area (Å²) in [5.41, 5.74) is 3.47. The zero-order valence-corrected chi connectivity index (χ0v) is 12.0. The molecule has 0 saturated heterocycles. The first-order chi connectivity index (χ1) is 10.8. The molecule has 3 heterocycles. The van der Waals surface area contributed by atoms with E-state index in [2.05, 4.69) is 10.1 Å². The first-order valence-corrected chi connectivity index (χ1v) is 7.02. The van der Waals surface area contributed by atoms with E-state index in [0.717, 1.165) is 22.5 Å². The summed E-state index contributed by atoms with van der Waals surface area (Å²) in [5.74, 6) is 0. The van der Waals surface area contributed by atoms with E-state index >= 15 is 0 Å². The predicted molar refractivity (Wildman–Crippen MR) is 86.1 cm³/mol. The van der Waals surface area contributed by atoms with Crippen molar-refractivity contribution in [3.05, 3.63) is 71.3 Å². The minimum absolute atomic E-state index is 0.0861. The number of aromatic amines is 1. The number of H-pyrrole nitrogens is 1. The van der Waals surface area contributed by atoms with E-state index in [9.17, 15) is 4.79 Å². The number of para-hydroxylation sites is 1. The summed E-state index contributed by atoms with van der Waals surface area (Å²) in [5, 5.41) is 5.33. The van der Waals surface area contributed by atoms with Crippen LogP contribution in [0.3, 0.4) is 0 Å². The molecule has 0 unspecified atom stereocenters. The van der Waals surface area contributed by atoms with Crippen molar-refractivity contribution >= 4 is 10.9 Å². The van der Waals surface area contributed by atoms with Crippen LogP contribution in [0.25, 0.3) is 28.0 Å². The Balaban J connectivity index is 1.98. The van der Waals surface area contributed by atoms with Crippen LogP contribution < -0.4 is 5.56 Å². The standard InChI is InChI=1S/C17H14N4O/c1-20-15(11-12-7-9-18-17(22)16(12)20)14-8-10-19-21(14)13-5-3-2-4-6-13/h2-11H,1H3,(H,18,22). The van der Waals surface area contributed by atoms with Gasteiger partial charge in [0, 0.05) is 18.6 Å². The van der Waals surface area contributed by atoms with E-state index in [4.69, 9.17) is 0 Å². The van der Waals surface area contributed by atoms with Gasteiger partial charge >= 0.3 is 0 Å². The largest absolute Gasteiger partial charge is 0.338 e. The Kier molecular flexibility index (Phi) is 2.72. The van der Waals surface area contributed by atoms with Gasteiger partial charge in [-0.2, -0.15) is 5.10 Å². The van der Waals surface area contributed by atoms with Crippen molar-refractivity contribution in [3.63, 3.8) is 0 Å². The second-order valence-corrected chi connectivity index (χ2v) is 5.16. The Morgan fingerprint density at radius 2 is 1.86 bits per heavy atom. The molecule has 0 aliphatic rings. The van der Waals surface area contributed by atoms with Crippen LogP contribution in [-0.2, 0) is 7.05 Å². The van der Waals surface area contributed by atoms with Gasteiger partial charge in [0.25, 0.3) is 5.56 Å². The number of hydrogen-bond acceptors (Lipinski definition) is 2. The minimum Gasteiger partial charge on any atom is -0.338 e. The lowest BCUT2D eigenvalue weighted by Crippen LogP contribution is -2.09. The lowest BCUT2D eigenvalue weighted by molar-refractivity contribution is 0.868. The van der Waals surface area contributed by atoms with Gasteiger partial charge in [0.15, 0.2) is 0 Å². The van der Waals surface area contributed by atoms with Gasteiger partial charge in [-0.3, -0.25) is 4.79 Å². The van der Waals surface area contributed by atoms with E-state index in [1.807, 2.05) is 64.8 Å². The van der Waals surface area contributed by atoms with Crippen molar-refractivity contribution in [2.75, 3.05) is 0 Å². The maximum atomic E-state index is 12.0. The van der Waals surface area contributed by atoms with Crippen molar-refractivity contribution in [1.82, 2.24) is 19.3 Å². The van der Waals surface area contributed by atoms with Gasteiger partial charge in [0.05, 0.1) is 23.3 Å². The Hall–Kier alpha value is -3.08. The summed E-state index contributed by atoms with van der Waals surface area (Å²) in [4.78, 5) is 14.8. The molecule has 0 atom stereocenters. The summed E-state index contributed by atoms with van der Waals surface area (Å²) in [6.07, 6.45) is 3.44. The summed E-state index contributed by atoms with van der Waals surface area (Å²) in [6.45, 7) is 0. The third-order valence-corrected chi connectivity index (χ3v) is 3.86. The lowest BCUT2D eigenvalue weighted by Gasteiger charge is -2.08. The van der Waals surface area contributed by atoms with E-state index in [-0.39, 0.29) is 5.56 Å². The number of pyridine rings is 1. The number of fused-ring (bicyclic) bond motifs is 1. The molecule has 0 bridgehead atoms. The predicted octanol–water partition coefficient (Wildman–Crippen LogP) is 2.72. The molecule has 1 aromatic carbocycles. The van der Waals surface area contributed by atoms with Gasteiger partial charge in [-0.1, -0.05) is 18.2 Å². The molecule has 0 amide bonds. The normalized spacial score (nSPS) is 11.1. The second-order valence-electron chi connectivity index (χ2n) is 5.16. The van der Waals surface area contributed by atoms with Crippen molar-refractivity contribution in [2.24, 2.45) is 7.05 Å². The second kappa shape index (κ2) is 4.73. The third-order valence-electron chi connectivity index (χ3n) is 3.86. The van der Waals surface area contributed by atoms with Crippen LogP contribution in [0.5, 0.6) is 0 Å². The highest BCUT2D eigenvalue weighted by Crippen LogP contribution is 2.26. The molecule has 1 N–H and O–H groups in total. The molecule has 0 aliphatic carbocycles. The van der Waals surface area contributed by atoms with Crippen LogP contribution in [0.15, 0.2) is 65.7 Å². The molecule has 0 fully saturated rings. The zero-order chi connectivity index (χ0) is 15.1. The van der Waals surface area contributed by atoms with Crippen LogP contribution in [0.4, 0.5) is 0 Å². The van der Waals surface area contributed by atoms with Crippen LogP contribution in [0.1, 0.15) is 0 Å². The highest BCUT2D eigenvalue weighted by molar-refractivity contribution is 5.85. The number of aromatic nitrogens is 4. The van der Waals surface area contributed by atoms with Crippen LogP contribution in [0.2, 0.25) is 0 Å². The van der Waals surface area contributed by atoms with Crippen molar-refractivity contribution in [2.45, 2.75) is 0 Å². The minimum atomic E-state index is -0.0861. The zero-order valence-electron chi connectivity index (χ0n) is 12.0. The van der Waals surface area contributed by atoms with Crippen molar-refractivity contribution < 1.29 is 0 Å². The average Bonchev–Trinajstić information content (AvgIpc) is 3.13. The van der Waals surface area contributed by atoms with Gasteiger partial charge in [-0.05, 0) is 30.3 Å². The molecular formula is C17H14N4O. The quantitative estimate of drug-likeness (QED) is 0.617. The molecular weight excluding hydrogens is 276 g/mol. The Morgan fingerprint density at radius 3 is 2.64 bits per heavy atom. The fourth-order valence-electron chi connectivity index (χ4n) is 2.83. The van der Waals surface area contributed by atoms with Crippen LogP contribution in [0, 0.1) is 0 Å². The Bertz CT molecular complexity index is 1010. The van der Waals surface area contributed by atoms with Gasteiger partial charge in [0.1, 0.15) is 5.52 Å². The first-order valence-electron chi connectivity index (χ1n) is 7.02. The number of nitrogens with zero attached hydrogens (tertiary/aromatic N) is 3. The van der Waals surface area contributed by atoms with Gasteiger partial charge in [-0.15, -0.1) is 0 Å². The summed E-state index contributed by atoms with van der Waals surface area (Å²) < 4.78 is 3.78. The monoisotopic (exact) mass is 290 g/mol. The number of nitrogens with one attached hydrogen (secondary N) is 1. The molecule has 22 heavy (non-hydrogen) atoms. The summed E-state index contributed by atoms with van der Waals surface area (Å²) >= 11 is 0. The molecule has 5 heteroatoms. The van der Waals surface area contributed by atoms with Crippen LogP contribution >= 0.6 is 0 Å². The molecule has 0 aliphatic heterocycles. The van der Waals surface area contributed by atoms with Crippen LogP contribution in [-0.4, -0.2) is 19.3 Å². The highest BCUT2D eigenvalue weighted by Gasteiger charge is 2.14. The molecule has 0 radical (unpaired) electrons. The number of rotatable bonds is 2. The summed E-state index contributed by atoms with van der Waals surface area (Å²) in [7, 11) is 1.90. The molecule has 3 aromatic heterocycles. The third kappa shape index (κ3) is 1.79. The van der Waals surface area contributed by atoms with Gasteiger partial charge in [0.2, 0.25) is 0 Å². The van der Waals surface area contributed by atoms with Crippen molar-refractivity contribution in [1.29, 1.82) is 0 Å². The fourth-order valence-corrected chi connectivity index (χ4v) is 2.83. The molecule has 5 nitrogen and oxygen atoms in total. The highest BCUT2D eigenvalue weighted by atomic mass is 16.1. The Morgan fingerprint density at radius 1 is 1.05 bits per heavy atom. The smallest absolute Gasteiger partial charge is 0.272 e. The average molecular weight is 290 g/mol. The van der Waals surface area contributed by atoms with E-state index in [0.29, 0.717) is 5.52 Å². The maximum Gasteiger partial charge on any atom is 0.272 e. The molecule has 0 saturated carbocycles. The Labute approximate surface area is 126 Å². The van der Waals surface area contributed by atoms with Gasteiger partial charge in [-0.25, -0.2) is 4.68 Å². The number of hydrogen-bond donors (Lipinski definition) is 1. The van der Waals surface area contributed by atoms with Gasteiger partial charge < -0.3 is 9.55 Å². The lowest BCUT2D eigenvalue weighted by atomic mass is 10.2. The first kappa shape index (κ1) is 12.6. The van der Waals surface area contributed by atoms with Crippen molar-refractivity contribution in [3.8, 4) is 17.1 Å². The number of aryl methyl sites for hydroxylation is 1. The fraction of sp³-hybridized carbons (Fsp3) is 0.0588. The van der Waals surface area contributed by atoms with E-state index in [1.165, 1.54) is 0 Å². The molecule has 0 spiro atoms.